The normalized spacial score (nSPS) is 12.5. The smallest absolute Gasteiger partial charge is 0.325 e. The molecule has 0 saturated carbocycles. The summed E-state index contributed by atoms with van der Waals surface area (Å²) in [6.45, 7) is 1.63. The molecule has 8 heteroatoms. The van der Waals surface area contributed by atoms with Gasteiger partial charge in [-0.05, 0) is 37.1 Å². The molecule has 1 heterocycles. The molecule has 0 aliphatic carbocycles. The molecule has 28 heavy (non-hydrogen) atoms. The molecular formula is C20H21BrN2O4S. The first-order valence-corrected chi connectivity index (χ1v) is 10.1. The predicted molar refractivity (Wildman–Crippen MR) is 116 cm³/mol. The predicted octanol–water partition coefficient (Wildman–Crippen LogP) is 4.19. The molecule has 1 aromatic heterocycles. The number of carbonyl (C=O) groups is 2. The molecule has 0 radical (unpaired) electrons. The van der Waals surface area contributed by atoms with Crippen LogP contribution in [-0.2, 0) is 16.0 Å². The largest absolute Gasteiger partial charge is 0.480 e. The van der Waals surface area contributed by atoms with E-state index in [1.54, 1.807) is 18.3 Å². The molecule has 0 spiro atoms. The molecular weight excluding hydrogens is 444 g/mol. The fourth-order valence-electron chi connectivity index (χ4n) is 2.35. The average Bonchev–Trinajstić information content (AvgIpc) is 3.07. The number of benzene rings is 2. The van der Waals surface area contributed by atoms with Gasteiger partial charge in [0.2, 0.25) is 0 Å². The zero-order chi connectivity index (χ0) is 20.7. The Labute approximate surface area is 175 Å². The van der Waals surface area contributed by atoms with E-state index in [-0.39, 0.29) is 0 Å². The number of thiophene rings is 1. The average molecular weight is 465 g/mol. The van der Waals surface area contributed by atoms with E-state index in [1.807, 2.05) is 53.9 Å². The molecule has 0 bridgehead atoms. The Hall–Kier alpha value is -2.42. The highest BCUT2D eigenvalue weighted by Crippen LogP contribution is 2.30. The monoisotopic (exact) mass is 464 g/mol. The topological polar surface area (TPSA) is 113 Å². The Morgan fingerprint density at radius 1 is 1.11 bits per heavy atom. The van der Waals surface area contributed by atoms with Gasteiger partial charge in [-0.2, -0.15) is 0 Å². The number of halogens is 1. The fourth-order valence-corrected chi connectivity index (χ4v) is 3.51. The number of nitrogens with two attached hydrogens (primary N) is 1. The van der Waals surface area contributed by atoms with Crippen LogP contribution in [0.1, 0.15) is 12.5 Å². The number of fused-ring (bicyclic) bond motifs is 1. The number of rotatable bonds is 6. The van der Waals surface area contributed by atoms with E-state index in [9.17, 15) is 9.59 Å². The van der Waals surface area contributed by atoms with Gasteiger partial charge in [0.15, 0.2) is 0 Å². The lowest BCUT2D eigenvalue weighted by Crippen LogP contribution is -2.32. The Morgan fingerprint density at radius 3 is 2.36 bits per heavy atom. The lowest BCUT2D eigenvalue weighted by atomic mass is 10.1. The molecule has 2 aromatic carbocycles. The number of hydrogen-bond acceptors (Lipinski definition) is 5. The van der Waals surface area contributed by atoms with Gasteiger partial charge in [0, 0.05) is 19.9 Å². The second kappa shape index (κ2) is 10.2. The number of hydrogen-bond donors (Lipinski definition) is 4. The van der Waals surface area contributed by atoms with Crippen molar-refractivity contribution in [2.75, 3.05) is 5.32 Å². The Kier molecular flexibility index (Phi) is 7.98. The molecule has 0 aliphatic rings. The zero-order valence-corrected chi connectivity index (χ0v) is 17.5. The lowest BCUT2D eigenvalue weighted by molar-refractivity contribution is -0.139. The van der Waals surface area contributed by atoms with Gasteiger partial charge in [-0.25, -0.2) is 0 Å². The van der Waals surface area contributed by atoms with Crippen molar-refractivity contribution in [3.63, 3.8) is 0 Å². The summed E-state index contributed by atoms with van der Waals surface area (Å²) in [5, 5.41) is 23.4. The molecule has 148 valence electrons. The van der Waals surface area contributed by atoms with Crippen LogP contribution in [0.2, 0.25) is 0 Å². The van der Waals surface area contributed by atoms with E-state index in [1.165, 1.54) is 0 Å². The van der Waals surface area contributed by atoms with Crippen LogP contribution in [0.25, 0.3) is 10.1 Å². The summed E-state index contributed by atoms with van der Waals surface area (Å²) < 4.78 is 2.14. The molecule has 0 fully saturated rings. The summed E-state index contributed by atoms with van der Waals surface area (Å²) in [4.78, 5) is 21.1. The molecule has 3 rings (SSSR count). The highest BCUT2D eigenvalue weighted by Gasteiger charge is 2.12. The number of nitrogens with one attached hydrogen (secondary N) is 1. The summed E-state index contributed by atoms with van der Waals surface area (Å²) in [6, 6.07) is 14.0. The van der Waals surface area contributed by atoms with Crippen LogP contribution in [0.4, 0.5) is 5.69 Å². The van der Waals surface area contributed by atoms with Crippen molar-refractivity contribution in [2.45, 2.75) is 25.4 Å². The quantitative estimate of drug-likeness (QED) is 0.434. The van der Waals surface area contributed by atoms with Gasteiger partial charge in [0.1, 0.15) is 12.1 Å². The van der Waals surface area contributed by atoms with Crippen LogP contribution in [0.15, 0.2) is 58.4 Å². The lowest BCUT2D eigenvalue weighted by Gasteiger charge is -2.09. The maximum atomic E-state index is 10.7. The maximum Gasteiger partial charge on any atom is 0.325 e. The third-order valence-electron chi connectivity index (χ3n) is 3.91. The van der Waals surface area contributed by atoms with Crippen molar-refractivity contribution in [1.29, 1.82) is 0 Å². The van der Waals surface area contributed by atoms with Gasteiger partial charge in [-0.15, -0.1) is 11.3 Å². The van der Waals surface area contributed by atoms with Crippen LogP contribution in [0, 0.1) is 0 Å². The molecule has 0 amide bonds. The van der Waals surface area contributed by atoms with E-state index >= 15 is 0 Å². The second-order valence-corrected chi connectivity index (χ2v) is 7.95. The van der Waals surface area contributed by atoms with Crippen molar-refractivity contribution in [1.82, 2.24) is 0 Å². The van der Waals surface area contributed by atoms with Gasteiger partial charge < -0.3 is 21.3 Å². The minimum atomic E-state index is -0.970. The molecule has 6 nitrogen and oxygen atoms in total. The molecule has 0 aliphatic heterocycles. The highest BCUT2D eigenvalue weighted by molar-refractivity contribution is 9.10. The number of anilines is 1. The Balaban J connectivity index is 0.000000203. The highest BCUT2D eigenvalue weighted by atomic mass is 79.9. The van der Waals surface area contributed by atoms with E-state index in [4.69, 9.17) is 15.9 Å². The van der Waals surface area contributed by atoms with E-state index < -0.39 is 24.0 Å². The van der Waals surface area contributed by atoms with Crippen LogP contribution in [-0.4, -0.2) is 34.2 Å². The number of aliphatic carboxylic acids is 2. The van der Waals surface area contributed by atoms with Crippen LogP contribution in [0.3, 0.4) is 0 Å². The molecule has 3 aromatic rings. The van der Waals surface area contributed by atoms with E-state index in [0.717, 1.165) is 25.8 Å². The summed E-state index contributed by atoms with van der Waals surface area (Å²) in [6.07, 6.45) is 0.364. The zero-order valence-electron chi connectivity index (χ0n) is 15.1. The first-order valence-electron chi connectivity index (χ1n) is 8.46. The van der Waals surface area contributed by atoms with Gasteiger partial charge in [-0.3, -0.25) is 9.59 Å². The number of carboxylic acids is 2. The minimum Gasteiger partial charge on any atom is -0.480 e. The van der Waals surface area contributed by atoms with E-state index in [2.05, 4.69) is 21.2 Å². The van der Waals surface area contributed by atoms with Gasteiger partial charge in [0.25, 0.3) is 0 Å². The van der Waals surface area contributed by atoms with Crippen molar-refractivity contribution in [3.8, 4) is 0 Å². The Morgan fingerprint density at radius 2 is 1.75 bits per heavy atom. The first kappa shape index (κ1) is 21.9. The first-order chi connectivity index (χ1) is 13.3. The third kappa shape index (κ3) is 6.33. The molecule has 0 saturated heterocycles. The Bertz CT molecular complexity index is 943. The number of carboxylic acid groups (broad SMARTS) is 2. The fraction of sp³-hybridized carbons (Fsp3) is 0.200. The van der Waals surface area contributed by atoms with Crippen molar-refractivity contribution in [2.24, 2.45) is 5.73 Å². The van der Waals surface area contributed by atoms with Crippen molar-refractivity contribution in [3.05, 3.63) is 63.9 Å². The summed E-state index contributed by atoms with van der Waals surface area (Å²) in [7, 11) is 0. The third-order valence-corrected chi connectivity index (χ3v) is 5.40. The summed E-state index contributed by atoms with van der Waals surface area (Å²) in [5.74, 6) is -1.81. The molecule has 2 atom stereocenters. The maximum absolute atomic E-state index is 10.7. The summed E-state index contributed by atoms with van der Waals surface area (Å²) >= 11 is 4.91. The van der Waals surface area contributed by atoms with Crippen LogP contribution >= 0.6 is 27.3 Å². The van der Waals surface area contributed by atoms with Gasteiger partial charge >= 0.3 is 11.9 Å². The van der Waals surface area contributed by atoms with Crippen LogP contribution in [0.5, 0.6) is 0 Å². The van der Waals surface area contributed by atoms with Gasteiger partial charge in [-0.1, -0.05) is 46.3 Å². The SMILES string of the molecule is C[C@H](Nc1csc2ccccc12)C(=O)O.N[C@@H](Cc1ccc(Br)cc1)C(=O)O. The standard InChI is InChI=1S/C11H11NO2S.C9H10BrNO2/c1-7(11(13)14)12-9-6-15-10-5-3-2-4-8(9)10;10-7-3-1-6(2-4-7)5-8(11)9(12)13/h2-7,12H,1H3,(H,13,14);1-4,8H,5,11H2,(H,12,13)/t7-;8-/m00/s1. The van der Waals surface area contributed by atoms with Crippen LogP contribution < -0.4 is 11.1 Å². The minimum absolute atomic E-state index is 0.364. The second-order valence-electron chi connectivity index (χ2n) is 6.13. The van der Waals surface area contributed by atoms with Gasteiger partial charge in [0.05, 0.1) is 5.69 Å². The van der Waals surface area contributed by atoms with E-state index in [0.29, 0.717) is 6.42 Å². The summed E-state index contributed by atoms with van der Waals surface area (Å²) in [5.41, 5.74) is 7.20. The van der Waals surface area contributed by atoms with Crippen molar-refractivity contribution >= 4 is 55.0 Å². The molecule has 5 N–H and O–H groups in total. The van der Waals surface area contributed by atoms with Crippen molar-refractivity contribution < 1.29 is 19.8 Å². The molecule has 0 unspecified atom stereocenters.